The molecule has 1 aliphatic heterocycles. The number of likely N-dealkylation sites (tertiary alicyclic amines) is 1. The van der Waals surface area contributed by atoms with E-state index in [-0.39, 0.29) is 47.7 Å². The first kappa shape index (κ1) is 24.6. The van der Waals surface area contributed by atoms with Crippen LogP contribution in [0.15, 0.2) is 29.3 Å². The van der Waals surface area contributed by atoms with Crippen molar-refractivity contribution in [1.29, 1.82) is 0 Å². The van der Waals surface area contributed by atoms with Crippen LogP contribution in [0.4, 0.5) is 4.39 Å². The molecule has 0 aliphatic carbocycles. The summed E-state index contributed by atoms with van der Waals surface area (Å²) >= 11 is 0. The number of nitrogens with zero attached hydrogens (tertiary/aromatic N) is 3. The molecule has 1 saturated heterocycles. The second-order valence-corrected chi connectivity index (χ2v) is 7.00. The number of rotatable bonds is 6. The highest BCUT2D eigenvalue weighted by molar-refractivity contribution is 14.0. The van der Waals surface area contributed by atoms with Crippen LogP contribution in [0.1, 0.15) is 31.4 Å². The maximum atomic E-state index is 13.6. The smallest absolute Gasteiger partial charge is 0.310 e. The third-order valence-electron chi connectivity index (χ3n) is 4.86. The van der Waals surface area contributed by atoms with Crippen molar-refractivity contribution in [2.45, 2.75) is 25.8 Å². The fraction of sp³-hybridized carbons (Fsp3) is 0.600. The first-order chi connectivity index (χ1) is 13.0. The van der Waals surface area contributed by atoms with Gasteiger partial charge in [-0.15, -0.1) is 24.0 Å². The Balaban J connectivity index is 0.00000392. The van der Waals surface area contributed by atoms with Gasteiger partial charge in [0.15, 0.2) is 5.96 Å². The predicted octanol–water partition coefficient (Wildman–Crippen LogP) is 2.90. The van der Waals surface area contributed by atoms with Crippen molar-refractivity contribution < 1.29 is 13.9 Å². The molecular formula is C20H32FIN4O2. The minimum atomic E-state index is -0.239. The molecule has 2 unspecified atom stereocenters. The molecule has 6 nitrogen and oxygen atoms in total. The zero-order valence-electron chi connectivity index (χ0n) is 17.2. The monoisotopic (exact) mass is 506 g/mol. The van der Waals surface area contributed by atoms with E-state index in [1.54, 1.807) is 19.2 Å². The number of benzene rings is 1. The van der Waals surface area contributed by atoms with E-state index in [1.807, 2.05) is 32.0 Å². The Morgan fingerprint density at radius 1 is 1.46 bits per heavy atom. The fourth-order valence-corrected chi connectivity index (χ4v) is 3.45. The van der Waals surface area contributed by atoms with Gasteiger partial charge in [-0.05, 0) is 51.6 Å². The summed E-state index contributed by atoms with van der Waals surface area (Å²) in [7, 11) is 5.68. The van der Waals surface area contributed by atoms with Crippen LogP contribution in [-0.4, -0.2) is 69.1 Å². The molecule has 0 bridgehead atoms. The number of halogens is 2. The Bertz CT molecular complexity index is 657. The van der Waals surface area contributed by atoms with Gasteiger partial charge in [0.05, 0.1) is 18.6 Å². The molecule has 1 aliphatic rings. The minimum Gasteiger partial charge on any atom is -0.466 e. The van der Waals surface area contributed by atoms with Gasteiger partial charge in [-0.3, -0.25) is 9.79 Å². The highest BCUT2D eigenvalue weighted by Gasteiger charge is 2.28. The van der Waals surface area contributed by atoms with Crippen LogP contribution in [-0.2, 0) is 9.53 Å². The van der Waals surface area contributed by atoms with Crippen molar-refractivity contribution >= 4 is 35.9 Å². The number of nitrogens with one attached hydrogen (secondary N) is 1. The molecule has 0 spiro atoms. The molecule has 2 rings (SSSR count). The minimum absolute atomic E-state index is 0. The maximum Gasteiger partial charge on any atom is 0.310 e. The SMILES string of the molecule is CCOC(=O)C1CCCN(C(=NC)NCC(c2cccc(F)c2)N(C)C)C1.I. The summed E-state index contributed by atoms with van der Waals surface area (Å²) in [5.41, 5.74) is 0.908. The highest BCUT2D eigenvalue weighted by atomic mass is 127. The number of carbonyl (C=O) groups excluding carboxylic acids is 1. The lowest BCUT2D eigenvalue weighted by atomic mass is 9.98. The Morgan fingerprint density at radius 2 is 2.21 bits per heavy atom. The zero-order chi connectivity index (χ0) is 19.8. The molecule has 1 N–H and O–H groups in total. The number of aliphatic imine (C=N–C) groups is 1. The Kier molecular flexibility index (Phi) is 10.7. The molecule has 1 aromatic rings. The second-order valence-electron chi connectivity index (χ2n) is 7.00. The number of guanidine groups is 1. The van der Waals surface area contributed by atoms with Gasteiger partial charge in [-0.2, -0.15) is 0 Å². The highest BCUT2D eigenvalue weighted by Crippen LogP contribution is 2.20. The topological polar surface area (TPSA) is 57.2 Å². The Labute approximate surface area is 184 Å². The number of carbonyl (C=O) groups is 1. The lowest BCUT2D eigenvalue weighted by Gasteiger charge is -2.35. The summed E-state index contributed by atoms with van der Waals surface area (Å²) in [5.74, 6) is 0.262. The molecule has 0 saturated carbocycles. The van der Waals surface area contributed by atoms with Gasteiger partial charge in [0.2, 0.25) is 0 Å². The number of likely N-dealkylation sites (N-methyl/N-ethyl adjacent to an activating group) is 1. The average Bonchev–Trinajstić information content (AvgIpc) is 2.65. The molecule has 1 aromatic carbocycles. The summed E-state index contributed by atoms with van der Waals surface area (Å²) in [4.78, 5) is 20.6. The molecule has 2 atom stereocenters. The third-order valence-corrected chi connectivity index (χ3v) is 4.86. The molecule has 28 heavy (non-hydrogen) atoms. The average molecular weight is 506 g/mol. The van der Waals surface area contributed by atoms with Crippen LogP contribution in [0.3, 0.4) is 0 Å². The van der Waals surface area contributed by atoms with Crippen LogP contribution in [0, 0.1) is 11.7 Å². The fourth-order valence-electron chi connectivity index (χ4n) is 3.45. The van der Waals surface area contributed by atoms with E-state index in [0.29, 0.717) is 19.7 Å². The Morgan fingerprint density at radius 3 is 2.82 bits per heavy atom. The first-order valence-corrected chi connectivity index (χ1v) is 9.50. The number of hydrogen-bond donors (Lipinski definition) is 1. The van der Waals surface area contributed by atoms with Crippen molar-refractivity contribution in [3.63, 3.8) is 0 Å². The zero-order valence-corrected chi connectivity index (χ0v) is 19.5. The summed E-state index contributed by atoms with van der Waals surface area (Å²) in [6.45, 7) is 4.27. The van der Waals surface area contributed by atoms with Crippen molar-refractivity contribution in [2.75, 3.05) is 47.4 Å². The molecule has 0 amide bonds. The molecule has 1 fully saturated rings. The number of ether oxygens (including phenoxy) is 1. The quantitative estimate of drug-likeness (QED) is 0.279. The first-order valence-electron chi connectivity index (χ1n) is 9.50. The molecule has 8 heteroatoms. The van der Waals surface area contributed by atoms with Crippen LogP contribution in [0.5, 0.6) is 0 Å². The number of hydrogen-bond acceptors (Lipinski definition) is 4. The van der Waals surface area contributed by atoms with Gasteiger partial charge in [-0.1, -0.05) is 12.1 Å². The summed E-state index contributed by atoms with van der Waals surface area (Å²) in [5, 5.41) is 3.39. The molecule has 1 heterocycles. The second kappa shape index (κ2) is 12.2. The van der Waals surface area contributed by atoms with E-state index in [4.69, 9.17) is 4.74 Å². The van der Waals surface area contributed by atoms with Gasteiger partial charge in [0, 0.05) is 26.7 Å². The van der Waals surface area contributed by atoms with E-state index < -0.39 is 0 Å². The lowest BCUT2D eigenvalue weighted by Crippen LogP contribution is -2.49. The standard InChI is InChI=1S/C20H31FN4O2.HI/c1-5-27-19(26)16-9-7-11-25(14-16)20(22-2)23-13-18(24(3)4)15-8-6-10-17(21)12-15;/h6,8,10,12,16,18H,5,7,9,11,13-14H2,1-4H3,(H,22,23);1H. The Hall–Kier alpha value is -1.42. The van der Waals surface area contributed by atoms with Crippen LogP contribution in [0.2, 0.25) is 0 Å². The van der Waals surface area contributed by atoms with Crippen molar-refractivity contribution in [3.05, 3.63) is 35.6 Å². The summed E-state index contributed by atoms with van der Waals surface area (Å²) < 4.78 is 18.8. The van der Waals surface area contributed by atoms with Gasteiger partial charge in [0.1, 0.15) is 5.82 Å². The van der Waals surface area contributed by atoms with Gasteiger partial charge < -0.3 is 19.9 Å². The summed E-state index contributed by atoms with van der Waals surface area (Å²) in [6, 6.07) is 6.67. The van der Waals surface area contributed by atoms with Crippen molar-refractivity contribution in [3.8, 4) is 0 Å². The lowest BCUT2D eigenvalue weighted by molar-refractivity contribution is -0.149. The third kappa shape index (κ3) is 6.88. The van der Waals surface area contributed by atoms with Gasteiger partial charge in [0.25, 0.3) is 0 Å². The number of piperidine rings is 1. The van der Waals surface area contributed by atoms with Crippen LogP contribution in [0.25, 0.3) is 0 Å². The van der Waals surface area contributed by atoms with E-state index >= 15 is 0 Å². The van der Waals surface area contributed by atoms with Crippen LogP contribution >= 0.6 is 24.0 Å². The van der Waals surface area contributed by atoms with E-state index in [1.165, 1.54) is 6.07 Å². The van der Waals surface area contributed by atoms with E-state index in [9.17, 15) is 9.18 Å². The van der Waals surface area contributed by atoms with E-state index in [0.717, 1.165) is 30.9 Å². The predicted molar refractivity (Wildman–Crippen MR) is 121 cm³/mol. The maximum absolute atomic E-state index is 13.6. The van der Waals surface area contributed by atoms with Crippen molar-refractivity contribution in [2.24, 2.45) is 10.9 Å². The molecule has 158 valence electrons. The largest absolute Gasteiger partial charge is 0.466 e. The molecule has 0 radical (unpaired) electrons. The molecular weight excluding hydrogens is 474 g/mol. The van der Waals surface area contributed by atoms with Gasteiger partial charge in [-0.25, -0.2) is 4.39 Å². The van der Waals surface area contributed by atoms with Crippen LogP contribution < -0.4 is 5.32 Å². The van der Waals surface area contributed by atoms with Crippen molar-refractivity contribution in [1.82, 2.24) is 15.1 Å². The summed E-state index contributed by atoms with van der Waals surface area (Å²) in [6.07, 6.45) is 1.77. The number of esters is 1. The van der Waals surface area contributed by atoms with E-state index in [2.05, 4.69) is 15.2 Å². The normalized spacial score (nSPS) is 18.4. The van der Waals surface area contributed by atoms with Gasteiger partial charge >= 0.3 is 5.97 Å². The molecule has 0 aromatic heterocycles.